The smallest absolute Gasteiger partial charge is 0.245 e. The van der Waals surface area contributed by atoms with E-state index in [0.29, 0.717) is 50.2 Å². The fourth-order valence-electron chi connectivity index (χ4n) is 3.98. The van der Waals surface area contributed by atoms with E-state index < -0.39 is 6.04 Å². The molecule has 0 spiro atoms. The summed E-state index contributed by atoms with van der Waals surface area (Å²) in [5, 5.41) is 9.05. The van der Waals surface area contributed by atoms with Gasteiger partial charge in [-0.05, 0) is 55.7 Å². The SMILES string of the molecule is N#CC1CCN(C(=O)C2CCC(=O)N2c2ccc(Oc3ccccc3)cc2)CC1. The average Bonchev–Trinajstić information content (AvgIpc) is 3.16. The third-order valence-corrected chi connectivity index (χ3v) is 5.58. The molecule has 1 atom stereocenters. The van der Waals surface area contributed by atoms with Crippen LogP contribution in [0.2, 0.25) is 0 Å². The molecule has 6 heteroatoms. The molecule has 2 amide bonds. The summed E-state index contributed by atoms with van der Waals surface area (Å²) in [5.74, 6) is 1.39. The number of amides is 2. The van der Waals surface area contributed by atoms with Crippen LogP contribution in [-0.4, -0.2) is 35.8 Å². The molecule has 2 heterocycles. The minimum Gasteiger partial charge on any atom is -0.457 e. The molecule has 2 fully saturated rings. The van der Waals surface area contributed by atoms with Crippen LogP contribution in [0.5, 0.6) is 11.5 Å². The van der Waals surface area contributed by atoms with Crippen molar-refractivity contribution in [2.24, 2.45) is 5.92 Å². The second-order valence-electron chi connectivity index (χ2n) is 7.46. The van der Waals surface area contributed by atoms with Crippen LogP contribution in [0, 0.1) is 17.2 Å². The zero-order chi connectivity index (χ0) is 20.2. The van der Waals surface area contributed by atoms with E-state index in [0.717, 1.165) is 5.75 Å². The van der Waals surface area contributed by atoms with Crippen molar-refractivity contribution in [3.8, 4) is 17.6 Å². The summed E-state index contributed by atoms with van der Waals surface area (Å²) in [7, 11) is 0. The standard InChI is InChI=1S/C23H23N3O3/c24-16-17-12-14-25(15-13-17)23(28)21-10-11-22(27)26(21)18-6-8-20(9-7-18)29-19-4-2-1-3-5-19/h1-9,17,21H,10-15H2. The first-order valence-electron chi connectivity index (χ1n) is 9.99. The minimum absolute atomic E-state index is 0.0168. The molecule has 0 bridgehead atoms. The number of hydrogen-bond acceptors (Lipinski definition) is 4. The second kappa shape index (κ2) is 8.36. The number of ether oxygens (including phenoxy) is 1. The number of hydrogen-bond donors (Lipinski definition) is 0. The molecule has 2 aromatic rings. The van der Waals surface area contributed by atoms with Gasteiger partial charge in [0.15, 0.2) is 0 Å². The summed E-state index contributed by atoms with van der Waals surface area (Å²) in [6.07, 6.45) is 2.30. The van der Waals surface area contributed by atoms with Crippen LogP contribution < -0.4 is 9.64 Å². The van der Waals surface area contributed by atoms with Crippen LogP contribution in [0.1, 0.15) is 25.7 Å². The fraction of sp³-hybridized carbons (Fsp3) is 0.348. The third kappa shape index (κ3) is 4.09. The van der Waals surface area contributed by atoms with Gasteiger partial charge in [0.25, 0.3) is 0 Å². The highest BCUT2D eigenvalue weighted by atomic mass is 16.5. The highest BCUT2D eigenvalue weighted by molar-refractivity contribution is 6.03. The summed E-state index contributed by atoms with van der Waals surface area (Å²) < 4.78 is 5.81. The molecule has 2 aliphatic heterocycles. The van der Waals surface area contributed by atoms with Crippen molar-refractivity contribution >= 4 is 17.5 Å². The van der Waals surface area contributed by atoms with Crippen molar-refractivity contribution in [1.82, 2.24) is 4.90 Å². The predicted molar refractivity (Wildman–Crippen MR) is 108 cm³/mol. The zero-order valence-corrected chi connectivity index (χ0v) is 16.2. The predicted octanol–water partition coefficient (Wildman–Crippen LogP) is 3.74. The van der Waals surface area contributed by atoms with Gasteiger partial charge in [0.1, 0.15) is 17.5 Å². The molecule has 2 aliphatic rings. The molecule has 29 heavy (non-hydrogen) atoms. The minimum atomic E-state index is -0.470. The average molecular weight is 389 g/mol. The van der Waals surface area contributed by atoms with Crippen molar-refractivity contribution in [1.29, 1.82) is 5.26 Å². The fourth-order valence-corrected chi connectivity index (χ4v) is 3.98. The lowest BCUT2D eigenvalue weighted by Crippen LogP contribution is -2.49. The Balaban J connectivity index is 1.47. The summed E-state index contributed by atoms with van der Waals surface area (Å²) in [6.45, 7) is 1.17. The number of piperidine rings is 1. The largest absolute Gasteiger partial charge is 0.457 e. The quantitative estimate of drug-likeness (QED) is 0.798. The topological polar surface area (TPSA) is 73.6 Å². The summed E-state index contributed by atoms with van der Waals surface area (Å²) in [4.78, 5) is 29.0. The molecule has 6 nitrogen and oxygen atoms in total. The maximum Gasteiger partial charge on any atom is 0.245 e. The van der Waals surface area contributed by atoms with Gasteiger partial charge in [-0.3, -0.25) is 14.5 Å². The molecule has 1 unspecified atom stereocenters. The first kappa shape index (κ1) is 19.0. The molecule has 0 aromatic heterocycles. The first-order valence-corrected chi connectivity index (χ1v) is 9.99. The monoisotopic (exact) mass is 389 g/mol. The number of para-hydroxylation sites is 1. The van der Waals surface area contributed by atoms with Crippen LogP contribution in [0.3, 0.4) is 0 Å². The van der Waals surface area contributed by atoms with Crippen LogP contribution >= 0.6 is 0 Å². The molecule has 2 aromatic carbocycles. The van der Waals surface area contributed by atoms with Gasteiger partial charge in [-0.25, -0.2) is 0 Å². The number of likely N-dealkylation sites (tertiary alicyclic amines) is 1. The Morgan fingerprint density at radius 2 is 1.62 bits per heavy atom. The van der Waals surface area contributed by atoms with Crippen LogP contribution in [0.25, 0.3) is 0 Å². The molecule has 0 saturated carbocycles. The van der Waals surface area contributed by atoms with E-state index in [1.165, 1.54) is 0 Å². The van der Waals surface area contributed by atoms with E-state index in [4.69, 9.17) is 10.00 Å². The molecule has 0 N–H and O–H groups in total. The first-order chi connectivity index (χ1) is 14.2. The number of carbonyl (C=O) groups is 2. The van der Waals surface area contributed by atoms with E-state index in [2.05, 4.69) is 6.07 Å². The van der Waals surface area contributed by atoms with E-state index in [1.54, 1.807) is 9.80 Å². The van der Waals surface area contributed by atoms with Crippen LogP contribution in [-0.2, 0) is 9.59 Å². The molecule has 148 valence electrons. The van der Waals surface area contributed by atoms with Gasteiger partial charge in [-0.2, -0.15) is 5.26 Å². The summed E-state index contributed by atoms with van der Waals surface area (Å²) in [5.41, 5.74) is 0.707. The second-order valence-corrected chi connectivity index (χ2v) is 7.46. The Morgan fingerprint density at radius 3 is 2.28 bits per heavy atom. The highest BCUT2D eigenvalue weighted by Gasteiger charge is 2.39. The maximum atomic E-state index is 13.1. The van der Waals surface area contributed by atoms with Crippen molar-refractivity contribution in [2.75, 3.05) is 18.0 Å². The summed E-state index contributed by atoms with van der Waals surface area (Å²) >= 11 is 0. The lowest BCUT2D eigenvalue weighted by molar-refractivity contribution is -0.134. The zero-order valence-electron chi connectivity index (χ0n) is 16.2. The van der Waals surface area contributed by atoms with Gasteiger partial charge in [0.2, 0.25) is 11.8 Å². The van der Waals surface area contributed by atoms with Gasteiger partial charge in [0, 0.05) is 31.1 Å². The maximum absolute atomic E-state index is 13.1. The van der Waals surface area contributed by atoms with E-state index >= 15 is 0 Å². The lowest BCUT2D eigenvalue weighted by Gasteiger charge is -2.34. The van der Waals surface area contributed by atoms with Gasteiger partial charge < -0.3 is 9.64 Å². The van der Waals surface area contributed by atoms with E-state index in [-0.39, 0.29) is 17.7 Å². The van der Waals surface area contributed by atoms with E-state index in [9.17, 15) is 9.59 Å². The molecule has 4 rings (SSSR count). The van der Waals surface area contributed by atoms with Gasteiger partial charge in [0.05, 0.1) is 6.07 Å². The number of rotatable bonds is 4. The van der Waals surface area contributed by atoms with Gasteiger partial charge in [-0.1, -0.05) is 18.2 Å². The van der Waals surface area contributed by atoms with Crippen molar-refractivity contribution < 1.29 is 14.3 Å². The number of anilines is 1. The Hall–Kier alpha value is -3.33. The van der Waals surface area contributed by atoms with E-state index in [1.807, 2.05) is 54.6 Å². The Morgan fingerprint density at radius 1 is 0.966 bits per heavy atom. The van der Waals surface area contributed by atoms with Gasteiger partial charge >= 0.3 is 0 Å². The summed E-state index contributed by atoms with van der Waals surface area (Å²) in [6, 6.07) is 18.6. The number of benzene rings is 2. The van der Waals surface area contributed by atoms with Crippen LogP contribution in [0.15, 0.2) is 54.6 Å². The van der Waals surface area contributed by atoms with Crippen molar-refractivity contribution in [3.05, 3.63) is 54.6 Å². The van der Waals surface area contributed by atoms with Crippen molar-refractivity contribution in [3.63, 3.8) is 0 Å². The molecular weight excluding hydrogens is 366 g/mol. The molecule has 0 radical (unpaired) electrons. The Kier molecular flexibility index (Phi) is 5.48. The lowest BCUT2D eigenvalue weighted by atomic mass is 9.98. The number of nitrogens with zero attached hydrogens (tertiary/aromatic N) is 3. The third-order valence-electron chi connectivity index (χ3n) is 5.58. The normalized spacial score (nSPS) is 19.8. The Labute approximate surface area is 170 Å². The van der Waals surface area contributed by atoms with Crippen LogP contribution in [0.4, 0.5) is 5.69 Å². The Bertz CT molecular complexity index is 913. The molecule has 0 aliphatic carbocycles. The van der Waals surface area contributed by atoms with Crippen molar-refractivity contribution in [2.45, 2.75) is 31.7 Å². The number of nitriles is 1. The van der Waals surface area contributed by atoms with Gasteiger partial charge in [-0.15, -0.1) is 0 Å². The molecule has 2 saturated heterocycles. The highest BCUT2D eigenvalue weighted by Crippen LogP contribution is 2.31. The molecular formula is C23H23N3O3. The number of carbonyl (C=O) groups excluding carboxylic acids is 2.